The lowest BCUT2D eigenvalue weighted by Gasteiger charge is -2.34. The second-order valence-electron chi connectivity index (χ2n) is 26.0. The quantitative estimate of drug-likeness (QED) is 0.144. The van der Waals surface area contributed by atoms with Gasteiger partial charge in [-0.2, -0.15) is 0 Å². The van der Waals surface area contributed by atoms with Gasteiger partial charge in [-0.3, -0.25) is 0 Å². The summed E-state index contributed by atoms with van der Waals surface area (Å²) in [4.78, 5) is 5.01. The van der Waals surface area contributed by atoms with Gasteiger partial charge in [0, 0.05) is 44.6 Å². The van der Waals surface area contributed by atoms with E-state index < -0.39 is 5.41 Å². The van der Waals surface area contributed by atoms with Crippen LogP contribution in [0, 0.1) is 27.7 Å². The van der Waals surface area contributed by atoms with Gasteiger partial charge < -0.3 is 18.6 Å². The van der Waals surface area contributed by atoms with Crippen LogP contribution in [0.4, 0.5) is 34.1 Å². The molecule has 2 aliphatic rings. The summed E-state index contributed by atoms with van der Waals surface area (Å²) in [6.45, 7) is 20.2. The van der Waals surface area contributed by atoms with Gasteiger partial charge >= 0.3 is 0 Å². The van der Waals surface area contributed by atoms with Gasteiger partial charge in [0.1, 0.15) is 22.3 Å². The topological polar surface area (TPSA) is 32.8 Å². The predicted molar refractivity (Wildman–Crippen MR) is 369 cm³/mol. The summed E-state index contributed by atoms with van der Waals surface area (Å²) in [5, 5.41) is 4.17. The summed E-state index contributed by atoms with van der Waals surface area (Å²) < 4.78 is 15.3. The highest BCUT2D eigenvalue weighted by atomic mass is 16.3. The molecule has 16 rings (SSSR count). The van der Waals surface area contributed by atoms with Crippen LogP contribution in [-0.4, -0.2) is 0 Å². The molecule has 1 spiro atoms. The lowest BCUT2D eigenvalue weighted by atomic mass is 9.70. The molecule has 2 heterocycles. The number of hydrogen-bond acceptors (Lipinski definition) is 4. The highest BCUT2D eigenvalue weighted by Crippen LogP contribution is 2.68. The van der Waals surface area contributed by atoms with Crippen LogP contribution in [0.1, 0.15) is 96.2 Å². The Balaban J connectivity index is 1.07. The Labute approximate surface area is 515 Å². The van der Waals surface area contributed by atoms with Crippen molar-refractivity contribution in [1.29, 1.82) is 0 Å². The van der Waals surface area contributed by atoms with Gasteiger partial charge in [-0.15, -0.1) is 0 Å². The standard InChI is InChI=1S/C84H68N2O2/c1-50(2)55-36-42-59(43-37-55)85(61-40-30-53(5)67(46-61)56-32-26-51(3)27-33-56)73-48-71-79(81-77(73)65-20-12-16-24-75(65)87-81)80-72(84(71)69-22-14-10-18-63(69)64-19-11-15-23-70(64)84)49-74(78-66-21-13-17-25-76(66)88-82(78)80)86(60-44-38-58(39-45-60)83(7,8)9)62-41-31-54(6)68(47-62)57-34-28-52(4)29-35-57/h10-50H,1-9H3. The number of aryl methyl sites for hydroxylation is 4. The molecule has 2 aliphatic carbocycles. The minimum atomic E-state index is -0.864. The van der Waals surface area contributed by atoms with Crippen LogP contribution in [-0.2, 0) is 10.8 Å². The number of para-hydroxylation sites is 2. The Morgan fingerprint density at radius 1 is 0.375 bits per heavy atom. The number of fused-ring (bicyclic) bond motifs is 18. The van der Waals surface area contributed by atoms with E-state index in [2.05, 4.69) is 315 Å². The van der Waals surface area contributed by atoms with Crippen LogP contribution in [0.2, 0.25) is 0 Å². The first-order chi connectivity index (χ1) is 42.7. The molecule has 0 radical (unpaired) electrons. The minimum Gasteiger partial charge on any atom is -0.455 e. The summed E-state index contributed by atoms with van der Waals surface area (Å²) in [7, 11) is 0. The maximum atomic E-state index is 7.65. The predicted octanol–water partition coefficient (Wildman–Crippen LogP) is 23.8. The molecule has 4 nitrogen and oxygen atoms in total. The van der Waals surface area contributed by atoms with Crippen LogP contribution in [0.15, 0.2) is 251 Å². The third kappa shape index (κ3) is 8.04. The maximum Gasteiger partial charge on any atom is 0.145 e. The van der Waals surface area contributed by atoms with E-state index in [0.29, 0.717) is 5.92 Å². The first kappa shape index (κ1) is 53.3. The molecule has 0 unspecified atom stereocenters. The number of nitrogens with zero attached hydrogens (tertiary/aromatic N) is 2. The number of benzene rings is 12. The van der Waals surface area contributed by atoms with E-state index >= 15 is 0 Å². The van der Waals surface area contributed by atoms with E-state index in [0.717, 1.165) is 100 Å². The van der Waals surface area contributed by atoms with Crippen LogP contribution in [0.25, 0.3) is 88.4 Å². The molecule has 0 atom stereocenters. The van der Waals surface area contributed by atoms with Crippen molar-refractivity contribution in [2.75, 3.05) is 9.80 Å². The fourth-order valence-corrected chi connectivity index (χ4v) is 14.7. The molecule has 0 amide bonds. The molecule has 0 saturated heterocycles. The number of anilines is 6. The summed E-state index contributed by atoms with van der Waals surface area (Å²) in [6, 6.07) is 91.0. The molecule has 426 valence electrons. The third-order valence-electron chi connectivity index (χ3n) is 19.2. The Kier molecular flexibility index (Phi) is 12.1. The van der Waals surface area contributed by atoms with Crippen LogP contribution >= 0.6 is 0 Å². The van der Waals surface area contributed by atoms with Crippen molar-refractivity contribution < 1.29 is 8.83 Å². The fraction of sp³-hybridized carbons (Fsp3) is 0.143. The normalized spacial score (nSPS) is 13.0. The van der Waals surface area contributed by atoms with Gasteiger partial charge in [0.05, 0.1) is 27.6 Å². The highest BCUT2D eigenvalue weighted by Gasteiger charge is 2.55. The molecule has 14 aromatic rings. The van der Waals surface area contributed by atoms with Gasteiger partial charge in [-0.25, -0.2) is 0 Å². The van der Waals surface area contributed by atoms with Crippen molar-refractivity contribution in [3.8, 4) is 44.5 Å². The minimum absolute atomic E-state index is 0.0500. The van der Waals surface area contributed by atoms with Gasteiger partial charge in [0.2, 0.25) is 0 Å². The molecule has 0 saturated carbocycles. The van der Waals surface area contributed by atoms with E-state index in [1.54, 1.807) is 0 Å². The van der Waals surface area contributed by atoms with Gasteiger partial charge in [0.25, 0.3) is 0 Å². The average molecular weight is 1140 g/mol. The van der Waals surface area contributed by atoms with E-state index in [4.69, 9.17) is 8.83 Å². The Hall–Kier alpha value is -10.2. The van der Waals surface area contributed by atoms with Crippen molar-refractivity contribution in [1.82, 2.24) is 0 Å². The molecular weight excluding hydrogens is 1070 g/mol. The van der Waals surface area contributed by atoms with Crippen molar-refractivity contribution >= 4 is 78.0 Å². The number of furan rings is 2. The summed E-state index contributed by atoms with van der Waals surface area (Å²) in [5.74, 6) is 0.361. The molecule has 88 heavy (non-hydrogen) atoms. The van der Waals surface area contributed by atoms with Gasteiger partial charge in [-0.1, -0.05) is 216 Å². The zero-order chi connectivity index (χ0) is 59.9. The molecule has 0 aliphatic heterocycles. The van der Waals surface area contributed by atoms with E-state index in [1.807, 2.05) is 0 Å². The fourth-order valence-electron chi connectivity index (χ4n) is 14.7. The van der Waals surface area contributed by atoms with Crippen molar-refractivity contribution in [3.05, 3.63) is 298 Å². The molecule has 0 N–H and O–H groups in total. The van der Waals surface area contributed by atoms with Crippen molar-refractivity contribution in [2.24, 2.45) is 0 Å². The first-order valence-electron chi connectivity index (χ1n) is 31.1. The smallest absolute Gasteiger partial charge is 0.145 e. The van der Waals surface area contributed by atoms with E-state index in [9.17, 15) is 0 Å². The molecule has 12 aromatic carbocycles. The monoisotopic (exact) mass is 1140 g/mol. The molecule has 0 fully saturated rings. The lowest BCUT2D eigenvalue weighted by Crippen LogP contribution is -2.26. The Morgan fingerprint density at radius 3 is 1.20 bits per heavy atom. The van der Waals surface area contributed by atoms with Gasteiger partial charge in [0.15, 0.2) is 0 Å². The summed E-state index contributed by atoms with van der Waals surface area (Å²) >= 11 is 0. The van der Waals surface area contributed by atoms with Crippen LogP contribution < -0.4 is 9.80 Å². The largest absolute Gasteiger partial charge is 0.455 e. The van der Waals surface area contributed by atoms with E-state index in [1.165, 1.54) is 77.9 Å². The van der Waals surface area contributed by atoms with Crippen molar-refractivity contribution in [3.63, 3.8) is 0 Å². The molecular formula is C84H68N2O2. The summed E-state index contributed by atoms with van der Waals surface area (Å²) in [6.07, 6.45) is 0. The average Bonchev–Trinajstić information content (AvgIpc) is 1.49. The second-order valence-corrected chi connectivity index (χ2v) is 26.0. The van der Waals surface area contributed by atoms with Gasteiger partial charge in [-0.05, 0) is 190 Å². The zero-order valence-electron chi connectivity index (χ0n) is 51.4. The second kappa shape index (κ2) is 20.0. The third-order valence-corrected chi connectivity index (χ3v) is 19.2. The van der Waals surface area contributed by atoms with E-state index in [-0.39, 0.29) is 5.41 Å². The Morgan fingerprint density at radius 2 is 0.773 bits per heavy atom. The highest BCUT2D eigenvalue weighted by molar-refractivity contribution is 6.25. The van der Waals surface area contributed by atoms with Crippen molar-refractivity contribution in [2.45, 2.75) is 79.1 Å². The SMILES string of the molecule is Cc1ccc(-c2cc(N(c3ccc(C(C)C)cc3)c3cc4c(c5oc6ccccc6c35)-c3c(cc(N(c5ccc(C(C)(C)C)cc5)c5ccc(C)c(-c6ccc(C)cc6)c5)c5c3oc3ccccc35)C43c4ccccc4-c4ccccc43)ccc2C)cc1. The zero-order valence-corrected chi connectivity index (χ0v) is 51.4. The first-order valence-corrected chi connectivity index (χ1v) is 31.1. The van der Waals surface area contributed by atoms with Crippen LogP contribution in [0.5, 0.6) is 0 Å². The molecule has 2 aromatic heterocycles. The number of hydrogen-bond donors (Lipinski definition) is 0. The maximum absolute atomic E-state index is 7.65. The van der Waals surface area contributed by atoms with Crippen LogP contribution in [0.3, 0.4) is 0 Å². The Bertz CT molecular complexity index is 5080. The lowest BCUT2D eigenvalue weighted by molar-refractivity contribution is 0.590. The molecule has 4 heteroatoms. The summed E-state index contributed by atoms with van der Waals surface area (Å²) in [5.41, 5.74) is 30.1. The molecule has 0 bridgehead atoms. The number of rotatable bonds is 9.